The molecule has 0 saturated carbocycles. The van der Waals surface area contributed by atoms with Crippen LogP contribution in [0, 0.1) is 0 Å². The summed E-state index contributed by atoms with van der Waals surface area (Å²) in [5.41, 5.74) is 0.0576. The summed E-state index contributed by atoms with van der Waals surface area (Å²) >= 11 is 0. The van der Waals surface area contributed by atoms with E-state index in [1.165, 1.54) is 0 Å². The fourth-order valence-electron chi connectivity index (χ4n) is 2.05. The minimum Gasteiger partial charge on any atom is -0.399 e. The molecule has 0 radical (unpaired) electrons. The van der Waals surface area contributed by atoms with Crippen molar-refractivity contribution in [3.63, 3.8) is 0 Å². The van der Waals surface area contributed by atoms with E-state index in [0.717, 1.165) is 5.46 Å². The zero-order valence-electron chi connectivity index (χ0n) is 13.9. The topological polar surface area (TPSA) is 88.0 Å². The van der Waals surface area contributed by atoms with Gasteiger partial charge in [-0.15, -0.1) is 0 Å². The summed E-state index contributed by atoms with van der Waals surface area (Å²) < 4.78 is 26.7. The fourth-order valence-corrected chi connectivity index (χ4v) is 2.94. The van der Waals surface area contributed by atoms with Crippen LogP contribution in [0.2, 0.25) is 0 Å². The summed E-state index contributed by atoms with van der Waals surface area (Å²) in [7, 11) is -1.90. The Morgan fingerprint density at radius 2 is 1.70 bits per heavy atom. The lowest BCUT2D eigenvalue weighted by Crippen LogP contribution is -2.41. The molecule has 1 fully saturated rings. The van der Waals surface area contributed by atoms with E-state index in [2.05, 4.69) is 4.72 Å². The van der Waals surface area contributed by atoms with Gasteiger partial charge in [-0.2, -0.15) is 0 Å². The molecule has 2 unspecified atom stereocenters. The van der Waals surface area contributed by atoms with Crippen LogP contribution < -0.4 is 10.2 Å². The molecule has 0 bridgehead atoms. The Bertz CT molecular complexity index is 547. The maximum Gasteiger partial charge on any atom is 0.494 e. The highest BCUT2D eigenvalue weighted by Gasteiger charge is 2.51. The summed E-state index contributed by atoms with van der Waals surface area (Å²) in [4.78, 5) is 0.579. The zero-order chi connectivity index (χ0) is 17.3. The first-order chi connectivity index (χ1) is 10.7. The Balaban J connectivity index is 2.02. The maximum atomic E-state index is 12.0. The van der Waals surface area contributed by atoms with Gasteiger partial charge in [-0.1, -0.05) is 12.1 Å². The quantitative estimate of drug-likeness (QED) is 0.632. The van der Waals surface area contributed by atoms with Crippen molar-refractivity contribution < 1.29 is 23.7 Å². The predicted octanol–water partition coefficient (Wildman–Crippen LogP) is -0.0488. The molecular formula is C15H24BNO5S. The van der Waals surface area contributed by atoms with Crippen molar-refractivity contribution in [2.45, 2.75) is 49.9 Å². The molecule has 1 aromatic rings. The number of aliphatic hydroxyl groups is 2. The Kier molecular flexibility index (Phi) is 5.66. The number of benzene rings is 1. The highest BCUT2D eigenvalue weighted by Crippen LogP contribution is 2.36. The molecule has 2 atom stereocenters. The standard InChI is InChI=1S/C15H24BNO5S/c1-14(2)15(3,4)22-16(21-14)11-5-7-13(8-6-11)23(20)17-9-12(19)10-18/h5-8,12,17-19H,9-10H2,1-4H3. The average molecular weight is 341 g/mol. The minimum atomic E-state index is -1.45. The lowest BCUT2D eigenvalue weighted by molar-refractivity contribution is 0.00578. The molecule has 8 heteroatoms. The molecule has 1 saturated heterocycles. The Hall–Kier alpha value is -0.765. The Morgan fingerprint density at radius 1 is 1.17 bits per heavy atom. The third kappa shape index (κ3) is 4.20. The van der Waals surface area contributed by atoms with Gasteiger partial charge in [0.15, 0.2) is 0 Å². The van der Waals surface area contributed by atoms with Crippen LogP contribution in [0.1, 0.15) is 27.7 Å². The Morgan fingerprint density at radius 3 is 2.17 bits per heavy atom. The zero-order valence-corrected chi connectivity index (χ0v) is 14.7. The molecule has 0 amide bonds. The van der Waals surface area contributed by atoms with Crippen LogP contribution in [-0.4, -0.2) is 52.0 Å². The van der Waals surface area contributed by atoms with Crippen molar-refractivity contribution in [1.29, 1.82) is 0 Å². The molecule has 1 heterocycles. The van der Waals surface area contributed by atoms with Gasteiger partial charge in [0.2, 0.25) is 0 Å². The van der Waals surface area contributed by atoms with Crippen LogP contribution in [-0.2, 0) is 20.3 Å². The monoisotopic (exact) mass is 341 g/mol. The molecule has 3 N–H and O–H groups in total. The first kappa shape index (κ1) is 18.6. The third-order valence-electron chi connectivity index (χ3n) is 4.28. The van der Waals surface area contributed by atoms with Crippen molar-refractivity contribution in [2.24, 2.45) is 0 Å². The van der Waals surface area contributed by atoms with Crippen LogP contribution >= 0.6 is 0 Å². The second-order valence-electron chi connectivity index (χ2n) is 6.61. The molecule has 1 aliphatic rings. The molecule has 1 aromatic carbocycles. The largest absolute Gasteiger partial charge is 0.494 e. The van der Waals surface area contributed by atoms with Crippen molar-refractivity contribution in [3.05, 3.63) is 24.3 Å². The summed E-state index contributed by atoms with van der Waals surface area (Å²) in [6.07, 6.45) is -0.928. The van der Waals surface area contributed by atoms with Crippen LogP contribution in [0.5, 0.6) is 0 Å². The van der Waals surface area contributed by atoms with E-state index in [4.69, 9.17) is 14.4 Å². The molecule has 6 nitrogen and oxygen atoms in total. The molecule has 23 heavy (non-hydrogen) atoms. The number of aliphatic hydroxyl groups excluding tert-OH is 2. The first-order valence-corrected chi connectivity index (χ1v) is 8.71. The van der Waals surface area contributed by atoms with Gasteiger partial charge in [-0.25, -0.2) is 8.93 Å². The SMILES string of the molecule is CC1(C)OB(c2ccc(S(=O)NCC(O)CO)cc2)OC1(C)C. The first-order valence-electron chi connectivity index (χ1n) is 7.56. The molecule has 0 aromatic heterocycles. The summed E-state index contributed by atoms with van der Waals surface area (Å²) in [5, 5.41) is 18.0. The van der Waals surface area contributed by atoms with Crippen LogP contribution in [0.15, 0.2) is 29.2 Å². The van der Waals surface area contributed by atoms with Gasteiger partial charge in [0.1, 0.15) is 11.0 Å². The van der Waals surface area contributed by atoms with Gasteiger partial charge in [0.25, 0.3) is 0 Å². The minimum absolute atomic E-state index is 0.0576. The molecule has 0 spiro atoms. The number of hydrogen-bond acceptors (Lipinski definition) is 5. The average Bonchev–Trinajstić information content (AvgIpc) is 2.73. The molecule has 1 aliphatic heterocycles. The predicted molar refractivity (Wildman–Crippen MR) is 89.7 cm³/mol. The summed E-state index contributed by atoms with van der Waals surface area (Å²) in [5.74, 6) is 0. The van der Waals surface area contributed by atoms with Gasteiger partial charge in [0.05, 0.1) is 28.8 Å². The van der Waals surface area contributed by atoms with Gasteiger partial charge in [-0.05, 0) is 45.3 Å². The van der Waals surface area contributed by atoms with E-state index in [9.17, 15) is 9.32 Å². The molecule has 128 valence electrons. The van der Waals surface area contributed by atoms with Gasteiger partial charge >= 0.3 is 7.12 Å². The smallest absolute Gasteiger partial charge is 0.399 e. The molecular weight excluding hydrogens is 317 g/mol. The second-order valence-corrected chi connectivity index (χ2v) is 7.91. The normalized spacial score (nSPS) is 22.1. The van der Waals surface area contributed by atoms with Crippen LogP contribution in [0.25, 0.3) is 0 Å². The van der Waals surface area contributed by atoms with E-state index in [1.807, 2.05) is 39.8 Å². The van der Waals surface area contributed by atoms with E-state index in [-0.39, 0.29) is 13.2 Å². The van der Waals surface area contributed by atoms with Crippen LogP contribution in [0.4, 0.5) is 0 Å². The second kappa shape index (κ2) is 7.00. The highest BCUT2D eigenvalue weighted by atomic mass is 32.2. The van der Waals surface area contributed by atoms with Crippen molar-refractivity contribution in [1.82, 2.24) is 4.72 Å². The summed E-state index contributed by atoms with van der Waals surface area (Å²) in [6.45, 7) is 7.66. The van der Waals surface area contributed by atoms with Crippen LogP contribution in [0.3, 0.4) is 0 Å². The van der Waals surface area contributed by atoms with Crippen molar-refractivity contribution >= 4 is 23.6 Å². The van der Waals surface area contributed by atoms with E-state index >= 15 is 0 Å². The van der Waals surface area contributed by atoms with E-state index in [0.29, 0.717) is 4.90 Å². The number of nitrogens with one attached hydrogen (secondary N) is 1. The maximum absolute atomic E-state index is 12.0. The lowest BCUT2D eigenvalue weighted by atomic mass is 9.79. The van der Waals surface area contributed by atoms with E-state index in [1.54, 1.807) is 12.1 Å². The summed E-state index contributed by atoms with van der Waals surface area (Å²) in [6, 6.07) is 7.10. The van der Waals surface area contributed by atoms with Crippen molar-refractivity contribution in [2.75, 3.05) is 13.2 Å². The lowest BCUT2D eigenvalue weighted by Gasteiger charge is -2.32. The number of hydrogen-bond donors (Lipinski definition) is 3. The van der Waals surface area contributed by atoms with Gasteiger partial charge in [0, 0.05) is 6.54 Å². The fraction of sp³-hybridized carbons (Fsp3) is 0.600. The molecule has 2 rings (SSSR count). The van der Waals surface area contributed by atoms with E-state index < -0.39 is 35.4 Å². The highest BCUT2D eigenvalue weighted by molar-refractivity contribution is 7.83. The van der Waals surface area contributed by atoms with Gasteiger partial charge < -0.3 is 19.5 Å². The van der Waals surface area contributed by atoms with Gasteiger partial charge in [-0.3, -0.25) is 0 Å². The van der Waals surface area contributed by atoms with Crippen molar-refractivity contribution in [3.8, 4) is 0 Å². The third-order valence-corrected chi connectivity index (χ3v) is 5.41. The molecule has 0 aliphatic carbocycles. The Labute approximate surface area is 139 Å². The number of rotatable bonds is 6.